The quantitative estimate of drug-likeness (QED) is 0.502. The molecule has 0 radical (unpaired) electrons. The Bertz CT molecular complexity index is 760. The molecule has 0 aliphatic carbocycles. The molecule has 1 aromatic rings. The molecule has 7 heteroatoms. The van der Waals surface area contributed by atoms with Crippen molar-refractivity contribution in [2.24, 2.45) is 0 Å². The average Bonchev–Trinajstić information content (AvgIpc) is 2.64. The summed E-state index contributed by atoms with van der Waals surface area (Å²) in [6.45, 7) is 7.67. The topological polar surface area (TPSA) is 75.7 Å². The van der Waals surface area contributed by atoms with Crippen LogP contribution in [0.5, 0.6) is 5.75 Å². The van der Waals surface area contributed by atoms with Crippen LogP contribution in [0.4, 0.5) is 0 Å². The van der Waals surface area contributed by atoms with E-state index in [4.69, 9.17) is 4.74 Å². The number of carbonyl (C=O) groups is 1. The van der Waals surface area contributed by atoms with E-state index in [1.54, 1.807) is 12.1 Å². The third kappa shape index (κ3) is 8.02. The summed E-state index contributed by atoms with van der Waals surface area (Å²) in [4.78, 5) is 14.8. The molecule has 1 amide bonds. The number of sulfone groups is 1. The summed E-state index contributed by atoms with van der Waals surface area (Å²) in [5.74, 6) is 0.676. The van der Waals surface area contributed by atoms with E-state index in [0.717, 1.165) is 32.5 Å². The van der Waals surface area contributed by atoms with E-state index in [1.807, 2.05) is 0 Å². The van der Waals surface area contributed by atoms with E-state index < -0.39 is 9.84 Å². The lowest BCUT2D eigenvalue weighted by Crippen LogP contribution is -2.44. The molecule has 28 heavy (non-hydrogen) atoms. The largest absolute Gasteiger partial charge is 0.494 e. The Morgan fingerprint density at radius 3 is 2.43 bits per heavy atom. The SMILES string of the molecule is CC(C)=CCN1CCC(NC(=O)CCCOc2ccc(S(C)(=O)=O)cc2)CC1. The monoisotopic (exact) mass is 408 g/mol. The fourth-order valence-electron chi connectivity index (χ4n) is 3.08. The number of allylic oxidation sites excluding steroid dienone is 1. The minimum atomic E-state index is -3.20. The zero-order chi connectivity index (χ0) is 20.6. The Morgan fingerprint density at radius 2 is 1.86 bits per heavy atom. The zero-order valence-electron chi connectivity index (χ0n) is 17.1. The van der Waals surface area contributed by atoms with Gasteiger partial charge in [0.05, 0.1) is 11.5 Å². The number of benzene rings is 1. The summed E-state index contributed by atoms with van der Waals surface area (Å²) in [5, 5.41) is 3.12. The van der Waals surface area contributed by atoms with E-state index in [1.165, 1.54) is 24.0 Å². The van der Waals surface area contributed by atoms with Crippen LogP contribution in [0, 0.1) is 0 Å². The minimum Gasteiger partial charge on any atom is -0.494 e. The van der Waals surface area contributed by atoms with Crippen molar-refractivity contribution in [3.8, 4) is 5.75 Å². The molecule has 6 nitrogen and oxygen atoms in total. The highest BCUT2D eigenvalue weighted by Gasteiger charge is 2.19. The lowest BCUT2D eigenvalue weighted by molar-refractivity contribution is -0.122. The summed E-state index contributed by atoms with van der Waals surface area (Å²) in [6.07, 6.45) is 6.46. The van der Waals surface area contributed by atoms with Crippen LogP contribution in [0.2, 0.25) is 0 Å². The van der Waals surface area contributed by atoms with Gasteiger partial charge in [-0.1, -0.05) is 11.6 Å². The molecule has 0 saturated carbocycles. The highest BCUT2D eigenvalue weighted by Crippen LogP contribution is 2.16. The molecule has 1 fully saturated rings. The van der Waals surface area contributed by atoms with Crippen LogP contribution in [0.1, 0.15) is 39.5 Å². The third-order valence-corrected chi connectivity index (χ3v) is 5.91. The zero-order valence-corrected chi connectivity index (χ0v) is 17.9. The molecule has 1 aliphatic heterocycles. The summed E-state index contributed by atoms with van der Waals surface area (Å²) < 4.78 is 28.4. The normalized spacial score (nSPS) is 15.8. The van der Waals surface area contributed by atoms with Crippen LogP contribution in [0.25, 0.3) is 0 Å². The van der Waals surface area contributed by atoms with Crippen molar-refractivity contribution in [1.82, 2.24) is 10.2 Å². The lowest BCUT2D eigenvalue weighted by Gasteiger charge is -2.31. The van der Waals surface area contributed by atoms with E-state index >= 15 is 0 Å². The second-order valence-electron chi connectivity index (χ2n) is 7.62. The van der Waals surface area contributed by atoms with E-state index in [2.05, 4.69) is 30.1 Å². The molecule has 1 heterocycles. The standard InChI is InChI=1S/C21H32N2O4S/c1-17(2)10-13-23-14-11-18(12-15-23)22-21(24)5-4-16-27-19-6-8-20(9-7-19)28(3,25)26/h6-10,18H,4-5,11-16H2,1-3H3,(H,22,24). The number of carbonyl (C=O) groups excluding carboxylic acids is 1. The number of nitrogens with one attached hydrogen (secondary N) is 1. The predicted molar refractivity (Wildman–Crippen MR) is 111 cm³/mol. The summed E-state index contributed by atoms with van der Waals surface area (Å²) >= 11 is 0. The number of hydrogen-bond donors (Lipinski definition) is 1. The molecular formula is C21H32N2O4S. The molecule has 2 rings (SSSR count). The highest BCUT2D eigenvalue weighted by molar-refractivity contribution is 7.90. The van der Waals surface area contributed by atoms with Crippen LogP contribution in [0.15, 0.2) is 40.8 Å². The van der Waals surface area contributed by atoms with Crippen molar-refractivity contribution in [3.05, 3.63) is 35.9 Å². The van der Waals surface area contributed by atoms with Crippen molar-refractivity contribution in [3.63, 3.8) is 0 Å². The van der Waals surface area contributed by atoms with E-state index in [-0.39, 0.29) is 16.8 Å². The Kier molecular flexibility index (Phi) is 8.51. The molecule has 0 atom stereocenters. The second kappa shape index (κ2) is 10.6. The Morgan fingerprint density at radius 1 is 1.21 bits per heavy atom. The first-order valence-electron chi connectivity index (χ1n) is 9.82. The number of piperidine rings is 1. The van der Waals surface area contributed by atoms with Gasteiger partial charge in [-0.25, -0.2) is 8.42 Å². The molecule has 0 spiro atoms. The van der Waals surface area contributed by atoms with Crippen LogP contribution in [0.3, 0.4) is 0 Å². The molecule has 156 valence electrons. The summed E-state index contributed by atoms with van der Waals surface area (Å²) in [7, 11) is -3.20. The molecular weight excluding hydrogens is 376 g/mol. The molecule has 1 aliphatic rings. The highest BCUT2D eigenvalue weighted by atomic mass is 32.2. The molecule has 1 aromatic carbocycles. The second-order valence-corrected chi connectivity index (χ2v) is 9.64. The minimum absolute atomic E-state index is 0.0683. The Balaban J connectivity index is 1.61. The van der Waals surface area contributed by atoms with Crippen LogP contribution < -0.4 is 10.1 Å². The van der Waals surface area contributed by atoms with Gasteiger partial charge >= 0.3 is 0 Å². The smallest absolute Gasteiger partial charge is 0.220 e. The first-order chi connectivity index (χ1) is 13.2. The van der Waals surface area contributed by atoms with Crippen LogP contribution in [-0.4, -0.2) is 57.8 Å². The fraction of sp³-hybridized carbons (Fsp3) is 0.571. The molecule has 0 unspecified atom stereocenters. The summed E-state index contributed by atoms with van der Waals surface area (Å²) in [6, 6.07) is 6.60. The van der Waals surface area contributed by atoms with Gasteiger partial charge in [0, 0.05) is 38.4 Å². The summed E-state index contributed by atoms with van der Waals surface area (Å²) in [5.41, 5.74) is 1.34. The molecule has 1 N–H and O–H groups in total. The van der Waals surface area contributed by atoms with Gasteiger partial charge in [-0.2, -0.15) is 0 Å². The Labute approximate surface area is 168 Å². The number of rotatable bonds is 9. The number of hydrogen-bond acceptors (Lipinski definition) is 5. The number of amides is 1. The van der Waals surface area contributed by atoms with Crippen LogP contribution in [-0.2, 0) is 14.6 Å². The number of ether oxygens (including phenoxy) is 1. The van der Waals surface area contributed by atoms with Gasteiger partial charge in [0.15, 0.2) is 9.84 Å². The first-order valence-corrected chi connectivity index (χ1v) is 11.7. The van der Waals surface area contributed by atoms with E-state index in [9.17, 15) is 13.2 Å². The molecule has 0 bridgehead atoms. The Hall–Kier alpha value is -1.86. The van der Waals surface area contributed by atoms with Gasteiger partial charge in [-0.3, -0.25) is 9.69 Å². The van der Waals surface area contributed by atoms with Gasteiger partial charge in [0.1, 0.15) is 5.75 Å². The van der Waals surface area contributed by atoms with Crippen LogP contribution >= 0.6 is 0 Å². The van der Waals surface area contributed by atoms with Gasteiger partial charge in [0.2, 0.25) is 5.91 Å². The predicted octanol–water partition coefficient (Wildman–Crippen LogP) is 2.80. The van der Waals surface area contributed by atoms with Gasteiger partial charge < -0.3 is 10.1 Å². The first kappa shape index (κ1) is 22.4. The average molecular weight is 409 g/mol. The van der Waals surface area contributed by atoms with Gasteiger partial charge in [-0.05, 0) is 57.4 Å². The maximum absolute atomic E-state index is 12.1. The van der Waals surface area contributed by atoms with Crippen molar-refractivity contribution < 1.29 is 17.9 Å². The third-order valence-electron chi connectivity index (χ3n) is 4.78. The maximum atomic E-state index is 12.1. The van der Waals surface area contributed by atoms with E-state index in [0.29, 0.717) is 25.2 Å². The molecule has 0 aromatic heterocycles. The lowest BCUT2D eigenvalue weighted by atomic mass is 10.0. The van der Waals surface area contributed by atoms with Gasteiger partial charge in [-0.15, -0.1) is 0 Å². The van der Waals surface area contributed by atoms with Crippen molar-refractivity contribution in [2.75, 3.05) is 32.5 Å². The van der Waals surface area contributed by atoms with Gasteiger partial charge in [0.25, 0.3) is 0 Å². The van der Waals surface area contributed by atoms with Crippen molar-refractivity contribution in [1.29, 1.82) is 0 Å². The van der Waals surface area contributed by atoms with Crippen molar-refractivity contribution >= 4 is 15.7 Å². The molecule has 1 saturated heterocycles. The fourth-order valence-corrected chi connectivity index (χ4v) is 3.71. The number of likely N-dealkylation sites (tertiary alicyclic amines) is 1. The van der Waals surface area contributed by atoms with Crippen molar-refractivity contribution in [2.45, 2.75) is 50.5 Å². The number of nitrogens with zero attached hydrogens (tertiary/aromatic N) is 1. The maximum Gasteiger partial charge on any atom is 0.220 e.